The fraction of sp³-hybridized carbons (Fsp3) is 0.308. The number of anilines is 1. The van der Waals surface area contributed by atoms with Crippen molar-refractivity contribution in [2.24, 2.45) is 0 Å². The van der Waals surface area contributed by atoms with E-state index in [-0.39, 0.29) is 0 Å². The molecule has 0 radical (unpaired) electrons. The van der Waals surface area contributed by atoms with Gasteiger partial charge in [-0.1, -0.05) is 23.8 Å². The standard InChI is InChI=1S/C13H17N3/c1-9-4-5-10(2)12(6-9)8-16-11(3)7-15-13(16)14/h4-7H,8H2,1-3H3,(H2,14,15). The summed E-state index contributed by atoms with van der Waals surface area (Å²) in [5.41, 5.74) is 10.8. The molecule has 0 saturated carbocycles. The van der Waals surface area contributed by atoms with Gasteiger partial charge >= 0.3 is 0 Å². The predicted molar refractivity (Wildman–Crippen MR) is 66.4 cm³/mol. The van der Waals surface area contributed by atoms with Crippen molar-refractivity contribution >= 4 is 5.95 Å². The zero-order chi connectivity index (χ0) is 11.7. The number of nitrogens with two attached hydrogens (primary N) is 1. The minimum atomic E-state index is 0.582. The first-order valence-corrected chi connectivity index (χ1v) is 5.41. The first-order valence-electron chi connectivity index (χ1n) is 5.41. The summed E-state index contributed by atoms with van der Waals surface area (Å²) in [5.74, 6) is 0.582. The lowest BCUT2D eigenvalue weighted by Crippen LogP contribution is -2.07. The Morgan fingerprint density at radius 2 is 2.00 bits per heavy atom. The molecule has 1 heterocycles. The summed E-state index contributed by atoms with van der Waals surface area (Å²) in [5, 5.41) is 0. The third-order valence-electron chi connectivity index (χ3n) is 2.92. The number of aromatic nitrogens is 2. The summed E-state index contributed by atoms with van der Waals surface area (Å²) in [6.07, 6.45) is 1.81. The average molecular weight is 215 g/mol. The van der Waals surface area contributed by atoms with Gasteiger partial charge in [0.2, 0.25) is 5.95 Å². The normalized spacial score (nSPS) is 10.7. The van der Waals surface area contributed by atoms with Crippen LogP contribution in [0.25, 0.3) is 0 Å². The lowest BCUT2D eigenvalue weighted by atomic mass is 10.1. The van der Waals surface area contributed by atoms with Crippen LogP contribution in [0.15, 0.2) is 24.4 Å². The molecular formula is C13H17N3. The van der Waals surface area contributed by atoms with E-state index < -0.39 is 0 Å². The number of benzene rings is 1. The average Bonchev–Trinajstić information content (AvgIpc) is 2.55. The monoisotopic (exact) mass is 215 g/mol. The first-order chi connectivity index (χ1) is 7.58. The van der Waals surface area contributed by atoms with E-state index in [0.717, 1.165) is 12.2 Å². The van der Waals surface area contributed by atoms with Crippen LogP contribution in [-0.2, 0) is 6.54 Å². The van der Waals surface area contributed by atoms with Crippen LogP contribution in [0.3, 0.4) is 0 Å². The summed E-state index contributed by atoms with van der Waals surface area (Å²) in [7, 11) is 0. The van der Waals surface area contributed by atoms with Gasteiger partial charge < -0.3 is 10.3 Å². The van der Waals surface area contributed by atoms with Crippen molar-refractivity contribution in [1.29, 1.82) is 0 Å². The summed E-state index contributed by atoms with van der Waals surface area (Å²) in [4.78, 5) is 4.11. The molecule has 3 heteroatoms. The Labute approximate surface area is 95.9 Å². The lowest BCUT2D eigenvalue weighted by molar-refractivity contribution is 0.777. The van der Waals surface area contributed by atoms with E-state index in [1.54, 1.807) is 6.20 Å². The van der Waals surface area contributed by atoms with Crippen LogP contribution in [0, 0.1) is 20.8 Å². The number of hydrogen-bond donors (Lipinski definition) is 1. The molecule has 0 fully saturated rings. The van der Waals surface area contributed by atoms with Crippen molar-refractivity contribution < 1.29 is 0 Å². The molecule has 0 amide bonds. The summed E-state index contributed by atoms with van der Waals surface area (Å²) in [6, 6.07) is 6.48. The smallest absolute Gasteiger partial charge is 0.200 e. The van der Waals surface area contributed by atoms with Gasteiger partial charge in [-0.3, -0.25) is 0 Å². The maximum absolute atomic E-state index is 5.83. The van der Waals surface area contributed by atoms with Crippen LogP contribution >= 0.6 is 0 Å². The van der Waals surface area contributed by atoms with Crippen molar-refractivity contribution in [3.8, 4) is 0 Å². The van der Waals surface area contributed by atoms with E-state index in [9.17, 15) is 0 Å². The third kappa shape index (κ3) is 1.94. The molecular weight excluding hydrogens is 198 g/mol. The Hall–Kier alpha value is -1.77. The van der Waals surface area contributed by atoms with E-state index >= 15 is 0 Å². The number of hydrogen-bond acceptors (Lipinski definition) is 2. The largest absolute Gasteiger partial charge is 0.369 e. The molecule has 3 nitrogen and oxygen atoms in total. The van der Waals surface area contributed by atoms with Gasteiger partial charge in [0.1, 0.15) is 0 Å². The first kappa shape index (κ1) is 10.7. The van der Waals surface area contributed by atoms with Crippen LogP contribution in [0.2, 0.25) is 0 Å². The molecule has 2 N–H and O–H groups in total. The molecule has 0 saturated heterocycles. The molecule has 0 aliphatic rings. The van der Waals surface area contributed by atoms with Gasteiger partial charge in [-0.15, -0.1) is 0 Å². The van der Waals surface area contributed by atoms with Crippen LogP contribution < -0.4 is 5.73 Å². The van der Waals surface area contributed by atoms with Gasteiger partial charge in [0.05, 0.1) is 12.7 Å². The SMILES string of the molecule is Cc1ccc(C)c(Cn2c(C)cnc2N)c1. The molecule has 16 heavy (non-hydrogen) atoms. The second-order valence-electron chi connectivity index (χ2n) is 4.27. The Morgan fingerprint density at radius 1 is 1.25 bits per heavy atom. The lowest BCUT2D eigenvalue weighted by Gasteiger charge is -2.11. The number of aryl methyl sites for hydroxylation is 3. The van der Waals surface area contributed by atoms with Crippen LogP contribution in [0.4, 0.5) is 5.95 Å². The molecule has 2 rings (SSSR count). The van der Waals surface area contributed by atoms with Crippen LogP contribution in [0.1, 0.15) is 22.4 Å². The van der Waals surface area contributed by atoms with Crippen LogP contribution in [0.5, 0.6) is 0 Å². The van der Waals surface area contributed by atoms with Crippen molar-refractivity contribution in [3.63, 3.8) is 0 Å². The molecule has 0 aliphatic heterocycles. The maximum atomic E-state index is 5.83. The molecule has 1 aromatic carbocycles. The molecule has 1 aromatic heterocycles. The highest BCUT2D eigenvalue weighted by molar-refractivity contribution is 5.33. The molecule has 0 aliphatic carbocycles. The highest BCUT2D eigenvalue weighted by Crippen LogP contribution is 2.15. The number of nitrogens with zero attached hydrogens (tertiary/aromatic N) is 2. The Bertz CT molecular complexity index is 492. The summed E-state index contributed by atoms with van der Waals surface area (Å²) < 4.78 is 2.03. The van der Waals surface area contributed by atoms with Gasteiger partial charge in [-0.05, 0) is 31.9 Å². The fourth-order valence-electron chi connectivity index (χ4n) is 1.83. The van der Waals surface area contributed by atoms with Gasteiger partial charge in [0, 0.05) is 5.69 Å². The second kappa shape index (κ2) is 4.00. The predicted octanol–water partition coefficient (Wildman–Crippen LogP) is 2.44. The summed E-state index contributed by atoms with van der Waals surface area (Å²) in [6.45, 7) is 7.05. The quantitative estimate of drug-likeness (QED) is 0.836. The summed E-state index contributed by atoms with van der Waals surface area (Å²) >= 11 is 0. The minimum Gasteiger partial charge on any atom is -0.369 e. The van der Waals surface area contributed by atoms with Crippen molar-refractivity contribution in [3.05, 3.63) is 46.8 Å². The number of rotatable bonds is 2. The highest BCUT2D eigenvalue weighted by Gasteiger charge is 2.06. The van der Waals surface area contributed by atoms with Gasteiger partial charge in [-0.25, -0.2) is 4.98 Å². The topological polar surface area (TPSA) is 43.8 Å². The zero-order valence-electron chi connectivity index (χ0n) is 9.99. The van der Waals surface area contributed by atoms with E-state index in [0.29, 0.717) is 5.95 Å². The van der Waals surface area contributed by atoms with E-state index in [1.165, 1.54) is 16.7 Å². The zero-order valence-corrected chi connectivity index (χ0v) is 9.99. The fourth-order valence-corrected chi connectivity index (χ4v) is 1.83. The third-order valence-corrected chi connectivity index (χ3v) is 2.92. The van der Waals surface area contributed by atoms with E-state index in [2.05, 4.69) is 37.0 Å². The molecule has 0 atom stereocenters. The van der Waals surface area contributed by atoms with Crippen molar-refractivity contribution in [2.45, 2.75) is 27.3 Å². The number of nitrogen functional groups attached to an aromatic ring is 1. The van der Waals surface area contributed by atoms with Crippen molar-refractivity contribution in [1.82, 2.24) is 9.55 Å². The van der Waals surface area contributed by atoms with Crippen molar-refractivity contribution in [2.75, 3.05) is 5.73 Å². The molecule has 0 spiro atoms. The van der Waals surface area contributed by atoms with E-state index in [1.807, 2.05) is 11.5 Å². The highest BCUT2D eigenvalue weighted by atomic mass is 15.1. The maximum Gasteiger partial charge on any atom is 0.200 e. The molecule has 0 bridgehead atoms. The second-order valence-corrected chi connectivity index (χ2v) is 4.27. The number of imidazole rings is 1. The minimum absolute atomic E-state index is 0.582. The Balaban J connectivity index is 2.37. The van der Waals surface area contributed by atoms with Crippen LogP contribution in [-0.4, -0.2) is 9.55 Å². The Kier molecular flexibility index (Phi) is 2.69. The van der Waals surface area contributed by atoms with Gasteiger partial charge in [0.25, 0.3) is 0 Å². The molecule has 2 aromatic rings. The molecule has 84 valence electrons. The van der Waals surface area contributed by atoms with Gasteiger partial charge in [-0.2, -0.15) is 0 Å². The van der Waals surface area contributed by atoms with Gasteiger partial charge in [0.15, 0.2) is 0 Å². The Morgan fingerprint density at radius 3 is 2.62 bits per heavy atom. The molecule has 0 unspecified atom stereocenters. The van der Waals surface area contributed by atoms with E-state index in [4.69, 9.17) is 5.73 Å².